The second kappa shape index (κ2) is 6.33. The molecule has 2 aromatic rings. The Balaban J connectivity index is 1.57. The van der Waals surface area contributed by atoms with E-state index in [-0.39, 0.29) is 12.1 Å². The molecule has 1 saturated carbocycles. The number of nitrogens with zero attached hydrogens (tertiary/aromatic N) is 2. The molecule has 2 aliphatic rings. The monoisotopic (exact) mass is 345 g/mol. The quantitative estimate of drug-likeness (QED) is 0.927. The Kier molecular flexibility index (Phi) is 4.18. The van der Waals surface area contributed by atoms with Gasteiger partial charge >= 0.3 is 0 Å². The van der Waals surface area contributed by atoms with E-state index >= 15 is 0 Å². The highest BCUT2D eigenvalue weighted by molar-refractivity contribution is 7.89. The number of hydrogen-bond acceptors (Lipinski definition) is 3. The third kappa shape index (κ3) is 3.00. The molecule has 1 aromatic heterocycles. The molecule has 5 nitrogen and oxygen atoms in total. The van der Waals surface area contributed by atoms with Crippen LogP contribution >= 0.6 is 0 Å². The Morgan fingerprint density at radius 3 is 2.71 bits per heavy atom. The smallest absolute Gasteiger partial charge is 0.240 e. The van der Waals surface area contributed by atoms with Crippen molar-refractivity contribution in [2.75, 3.05) is 0 Å². The summed E-state index contributed by atoms with van der Waals surface area (Å²) in [5, 5.41) is 0. The van der Waals surface area contributed by atoms with Crippen molar-refractivity contribution in [3.05, 3.63) is 48.0 Å². The molecule has 1 fully saturated rings. The van der Waals surface area contributed by atoms with Crippen LogP contribution in [0.25, 0.3) is 0 Å². The van der Waals surface area contributed by atoms with E-state index in [0.717, 1.165) is 38.5 Å². The summed E-state index contributed by atoms with van der Waals surface area (Å²) in [6.07, 6.45) is 12.7. The van der Waals surface area contributed by atoms with E-state index in [4.69, 9.17) is 0 Å². The molecule has 1 aromatic carbocycles. The summed E-state index contributed by atoms with van der Waals surface area (Å²) in [7, 11) is -3.48. The number of imidazole rings is 1. The summed E-state index contributed by atoms with van der Waals surface area (Å²) < 4.78 is 30.7. The van der Waals surface area contributed by atoms with Crippen molar-refractivity contribution in [2.45, 2.75) is 61.9 Å². The highest BCUT2D eigenvalue weighted by Gasteiger charge is 2.32. The number of benzene rings is 1. The van der Waals surface area contributed by atoms with Gasteiger partial charge in [0.1, 0.15) is 0 Å². The molecule has 0 spiro atoms. The van der Waals surface area contributed by atoms with Gasteiger partial charge in [-0.05, 0) is 68.2 Å². The third-order valence-electron chi connectivity index (χ3n) is 5.32. The summed E-state index contributed by atoms with van der Waals surface area (Å²) >= 11 is 0. The van der Waals surface area contributed by atoms with Crippen molar-refractivity contribution in [3.8, 4) is 0 Å². The SMILES string of the molecule is O=S(=O)(NC1CCCC1n1ccnc1)c1ccc2c(c1)CCCC2. The minimum absolute atomic E-state index is 0.0692. The standard InChI is InChI=1S/C18H23N3O2S/c22-24(23,16-9-8-14-4-1-2-5-15(14)12-16)20-17-6-3-7-18(17)21-11-10-19-13-21/h8-13,17-18,20H,1-7H2. The molecule has 0 radical (unpaired) electrons. The molecule has 0 bridgehead atoms. The summed E-state index contributed by atoms with van der Waals surface area (Å²) in [5.41, 5.74) is 2.50. The highest BCUT2D eigenvalue weighted by Crippen LogP contribution is 2.31. The maximum absolute atomic E-state index is 12.9. The molecule has 128 valence electrons. The Morgan fingerprint density at radius 2 is 1.92 bits per heavy atom. The summed E-state index contributed by atoms with van der Waals surface area (Å²) in [6, 6.07) is 5.71. The van der Waals surface area contributed by atoms with Gasteiger partial charge in [-0.1, -0.05) is 6.07 Å². The van der Waals surface area contributed by atoms with E-state index in [0.29, 0.717) is 4.90 Å². The average Bonchev–Trinajstić information content (AvgIpc) is 3.25. The number of nitrogens with one attached hydrogen (secondary N) is 1. The fraction of sp³-hybridized carbons (Fsp3) is 0.500. The number of hydrogen-bond donors (Lipinski definition) is 1. The van der Waals surface area contributed by atoms with Crippen LogP contribution < -0.4 is 4.72 Å². The average molecular weight is 345 g/mol. The molecule has 6 heteroatoms. The van der Waals surface area contributed by atoms with Crippen LogP contribution in [0, 0.1) is 0 Å². The number of aromatic nitrogens is 2. The molecule has 2 atom stereocenters. The second-order valence-electron chi connectivity index (χ2n) is 6.87. The minimum Gasteiger partial charge on any atom is -0.333 e. The lowest BCUT2D eigenvalue weighted by Gasteiger charge is -2.23. The van der Waals surface area contributed by atoms with Crippen molar-refractivity contribution in [2.24, 2.45) is 0 Å². The van der Waals surface area contributed by atoms with Crippen molar-refractivity contribution >= 4 is 10.0 Å². The Morgan fingerprint density at radius 1 is 1.08 bits per heavy atom. The second-order valence-corrected chi connectivity index (χ2v) is 8.59. The van der Waals surface area contributed by atoms with E-state index < -0.39 is 10.0 Å². The molecule has 2 aliphatic carbocycles. The van der Waals surface area contributed by atoms with E-state index in [1.165, 1.54) is 17.5 Å². The molecule has 0 amide bonds. The first-order valence-electron chi connectivity index (χ1n) is 8.75. The fourth-order valence-electron chi connectivity index (χ4n) is 4.04. The normalized spacial score (nSPS) is 24.0. The number of aryl methyl sites for hydroxylation is 2. The number of sulfonamides is 1. The number of rotatable bonds is 4. The van der Waals surface area contributed by atoms with Crippen LogP contribution in [0.3, 0.4) is 0 Å². The maximum atomic E-state index is 12.9. The summed E-state index contributed by atoms with van der Waals surface area (Å²) in [4.78, 5) is 4.49. The van der Waals surface area contributed by atoms with E-state index in [9.17, 15) is 8.42 Å². The van der Waals surface area contributed by atoms with Gasteiger partial charge in [0.15, 0.2) is 0 Å². The van der Waals surface area contributed by atoms with Gasteiger partial charge in [-0.2, -0.15) is 0 Å². The molecule has 24 heavy (non-hydrogen) atoms. The van der Waals surface area contributed by atoms with Gasteiger partial charge in [0, 0.05) is 18.4 Å². The largest absolute Gasteiger partial charge is 0.333 e. The van der Waals surface area contributed by atoms with Gasteiger partial charge in [-0.25, -0.2) is 18.1 Å². The Bertz CT molecular complexity index is 815. The molecule has 1 N–H and O–H groups in total. The predicted molar refractivity (Wildman–Crippen MR) is 92.3 cm³/mol. The van der Waals surface area contributed by atoms with Gasteiger partial charge in [0.2, 0.25) is 10.0 Å². The number of fused-ring (bicyclic) bond motifs is 1. The van der Waals surface area contributed by atoms with Crippen molar-refractivity contribution in [1.82, 2.24) is 14.3 Å². The van der Waals surface area contributed by atoms with E-state index in [1.54, 1.807) is 18.6 Å². The zero-order valence-electron chi connectivity index (χ0n) is 13.7. The molecule has 0 aliphatic heterocycles. The van der Waals surface area contributed by atoms with Gasteiger partial charge in [-0.3, -0.25) is 0 Å². The lowest BCUT2D eigenvalue weighted by Crippen LogP contribution is -2.38. The maximum Gasteiger partial charge on any atom is 0.240 e. The molecular formula is C18H23N3O2S. The molecule has 1 heterocycles. The van der Waals surface area contributed by atoms with Gasteiger partial charge in [0.05, 0.1) is 17.3 Å². The third-order valence-corrected chi connectivity index (χ3v) is 6.81. The molecule has 2 unspecified atom stereocenters. The van der Waals surface area contributed by atoms with E-state index in [1.807, 2.05) is 22.9 Å². The fourth-order valence-corrected chi connectivity index (χ4v) is 5.40. The first-order chi connectivity index (χ1) is 11.6. The van der Waals surface area contributed by atoms with Crippen LogP contribution in [-0.4, -0.2) is 24.0 Å². The predicted octanol–water partition coefficient (Wildman–Crippen LogP) is 2.83. The zero-order valence-corrected chi connectivity index (χ0v) is 14.5. The Labute approximate surface area is 143 Å². The van der Waals surface area contributed by atoms with Gasteiger partial charge < -0.3 is 4.57 Å². The van der Waals surface area contributed by atoms with Gasteiger partial charge in [-0.15, -0.1) is 0 Å². The van der Waals surface area contributed by atoms with Crippen LogP contribution in [0.15, 0.2) is 41.8 Å². The van der Waals surface area contributed by atoms with Crippen molar-refractivity contribution in [3.63, 3.8) is 0 Å². The first kappa shape index (κ1) is 15.8. The molecule has 4 rings (SSSR count). The van der Waals surface area contributed by atoms with Crippen LogP contribution in [0.5, 0.6) is 0 Å². The van der Waals surface area contributed by atoms with Crippen molar-refractivity contribution < 1.29 is 8.42 Å². The highest BCUT2D eigenvalue weighted by atomic mass is 32.2. The van der Waals surface area contributed by atoms with E-state index in [2.05, 4.69) is 9.71 Å². The molecular weight excluding hydrogens is 322 g/mol. The first-order valence-corrected chi connectivity index (χ1v) is 10.2. The summed E-state index contributed by atoms with van der Waals surface area (Å²) in [5.74, 6) is 0. The molecule has 0 saturated heterocycles. The zero-order chi connectivity index (χ0) is 16.6. The van der Waals surface area contributed by atoms with Crippen molar-refractivity contribution in [1.29, 1.82) is 0 Å². The topological polar surface area (TPSA) is 64.0 Å². The lowest BCUT2D eigenvalue weighted by atomic mass is 9.92. The van der Waals surface area contributed by atoms with Crippen LogP contribution in [0.1, 0.15) is 49.3 Å². The lowest BCUT2D eigenvalue weighted by molar-refractivity contribution is 0.431. The summed E-state index contributed by atoms with van der Waals surface area (Å²) in [6.45, 7) is 0. The van der Waals surface area contributed by atoms with Crippen LogP contribution in [-0.2, 0) is 22.9 Å². The van der Waals surface area contributed by atoms with Gasteiger partial charge in [0.25, 0.3) is 0 Å². The minimum atomic E-state index is -3.48. The van der Waals surface area contributed by atoms with Crippen LogP contribution in [0.4, 0.5) is 0 Å². The van der Waals surface area contributed by atoms with Crippen LogP contribution in [0.2, 0.25) is 0 Å². The Hall–Kier alpha value is -1.66.